The van der Waals surface area contributed by atoms with Crippen LogP contribution in [0.15, 0.2) is 40.1 Å². The van der Waals surface area contributed by atoms with Gasteiger partial charge in [-0.1, -0.05) is 23.7 Å². The highest BCUT2D eigenvalue weighted by Gasteiger charge is 2.15. The molecule has 0 atom stereocenters. The second kappa shape index (κ2) is 6.29. The molecule has 0 saturated heterocycles. The van der Waals surface area contributed by atoms with Crippen LogP contribution >= 0.6 is 22.9 Å². The van der Waals surface area contributed by atoms with Gasteiger partial charge in [-0.25, -0.2) is 4.79 Å². The Bertz CT molecular complexity index is 812. The molecule has 0 N–H and O–H groups in total. The summed E-state index contributed by atoms with van der Waals surface area (Å²) in [7, 11) is 0. The molecule has 3 rings (SSSR count). The minimum absolute atomic E-state index is 0.0758. The lowest BCUT2D eigenvalue weighted by Crippen LogP contribution is -2.04. The number of ether oxygens (including phenoxy) is 1. The predicted molar refractivity (Wildman–Crippen MR) is 82.9 cm³/mol. The first-order valence-electron chi connectivity index (χ1n) is 6.43. The normalized spacial score (nSPS) is 10.6. The summed E-state index contributed by atoms with van der Waals surface area (Å²) in [6, 6.07) is 9.02. The quantitative estimate of drug-likeness (QED) is 0.671. The van der Waals surface area contributed by atoms with Crippen LogP contribution in [0.4, 0.5) is 0 Å². The van der Waals surface area contributed by atoms with Crippen molar-refractivity contribution >= 4 is 28.9 Å². The molecule has 0 aliphatic carbocycles. The van der Waals surface area contributed by atoms with Crippen molar-refractivity contribution in [2.24, 2.45) is 0 Å². The molecule has 3 aromatic rings. The number of aryl methyl sites for hydroxylation is 1. The standard InChI is InChI=1S/C15H11ClN2O3S/c1-9-6-7-22-13(9)15(19)20-8-12-17-18-14(21-12)10-4-2-3-5-11(10)16/h2-7H,8H2,1H3. The van der Waals surface area contributed by atoms with Crippen molar-refractivity contribution in [1.82, 2.24) is 10.2 Å². The van der Waals surface area contributed by atoms with Gasteiger partial charge < -0.3 is 9.15 Å². The van der Waals surface area contributed by atoms with Gasteiger partial charge in [0.05, 0.1) is 10.6 Å². The number of hydrogen-bond donors (Lipinski definition) is 0. The summed E-state index contributed by atoms with van der Waals surface area (Å²) in [6.45, 7) is 1.78. The highest BCUT2D eigenvalue weighted by atomic mass is 35.5. The molecule has 1 aromatic carbocycles. The number of esters is 1. The van der Waals surface area contributed by atoms with E-state index in [4.69, 9.17) is 20.8 Å². The van der Waals surface area contributed by atoms with Gasteiger partial charge in [0.2, 0.25) is 5.89 Å². The first kappa shape index (κ1) is 14.7. The fraction of sp³-hybridized carbons (Fsp3) is 0.133. The Morgan fingerprint density at radius 2 is 2.14 bits per heavy atom. The maximum atomic E-state index is 11.9. The molecule has 5 nitrogen and oxygen atoms in total. The lowest BCUT2D eigenvalue weighted by molar-refractivity contribution is 0.0444. The molecular formula is C15H11ClN2O3S. The summed E-state index contributed by atoms with van der Waals surface area (Å²) < 4.78 is 10.6. The predicted octanol–water partition coefficient (Wildman–Crippen LogP) is 4.12. The summed E-state index contributed by atoms with van der Waals surface area (Å²) >= 11 is 7.41. The minimum atomic E-state index is -0.398. The number of thiophene rings is 1. The smallest absolute Gasteiger partial charge is 0.349 e. The Balaban J connectivity index is 1.69. The van der Waals surface area contributed by atoms with E-state index in [0.717, 1.165) is 5.56 Å². The van der Waals surface area contributed by atoms with E-state index in [2.05, 4.69) is 10.2 Å². The fourth-order valence-corrected chi connectivity index (χ4v) is 2.86. The molecule has 7 heteroatoms. The molecule has 0 spiro atoms. The number of carbonyl (C=O) groups is 1. The summed E-state index contributed by atoms with van der Waals surface area (Å²) in [5, 5.41) is 10.1. The summed E-state index contributed by atoms with van der Waals surface area (Å²) in [6.07, 6.45) is 0. The van der Waals surface area contributed by atoms with Gasteiger partial charge in [0, 0.05) is 0 Å². The molecule has 0 unspecified atom stereocenters. The molecule has 0 saturated carbocycles. The summed E-state index contributed by atoms with van der Waals surface area (Å²) in [5.41, 5.74) is 1.53. The van der Waals surface area contributed by atoms with Crippen LogP contribution in [-0.4, -0.2) is 16.2 Å². The van der Waals surface area contributed by atoms with E-state index in [1.807, 2.05) is 30.5 Å². The SMILES string of the molecule is Cc1ccsc1C(=O)OCc1nnc(-c2ccccc2Cl)o1. The molecule has 0 radical (unpaired) electrons. The van der Waals surface area contributed by atoms with Crippen LogP contribution in [-0.2, 0) is 11.3 Å². The van der Waals surface area contributed by atoms with Gasteiger partial charge in [-0.05, 0) is 36.1 Å². The third kappa shape index (κ3) is 3.03. The van der Waals surface area contributed by atoms with E-state index in [1.54, 1.807) is 12.1 Å². The van der Waals surface area contributed by atoms with Gasteiger partial charge in [-0.2, -0.15) is 0 Å². The molecule has 0 fully saturated rings. The average Bonchev–Trinajstić information content (AvgIpc) is 3.14. The largest absolute Gasteiger partial charge is 0.451 e. The third-order valence-electron chi connectivity index (χ3n) is 2.95. The van der Waals surface area contributed by atoms with E-state index < -0.39 is 5.97 Å². The van der Waals surface area contributed by atoms with E-state index in [-0.39, 0.29) is 12.5 Å². The van der Waals surface area contributed by atoms with Crippen LogP contribution in [0.25, 0.3) is 11.5 Å². The number of carbonyl (C=O) groups excluding carboxylic acids is 1. The van der Waals surface area contributed by atoms with Gasteiger partial charge in [-0.3, -0.25) is 0 Å². The van der Waals surface area contributed by atoms with Crippen molar-refractivity contribution in [1.29, 1.82) is 0 Å². The highest BCUT2D eigenvalue weighted by Crippen LogP contribution is 2.26. The number of aromatic nitrogens is 2. The Labute approximate surface area is 135 Å². The topological polar surface area (TPSA) is 65.2 Å². The van der Waals surface area contributed by atoms with Crippen molar-refractivity contribution in [3.05, 3.63) is 57.1 Å². The Hall–Kier alpha value is -2.18. The van der Waals surface area contributed by atoms with Crippen molar-refractivity contribution in [3.63, 3.8) is 0 Å². The average molecular weight is 335 g/mol. The first-order valence-corrected chi connectivity index (χ1v) is 7.69. The van der Waals surface area contributed by atoms with Gasteiger partial charge in [0.25, 0.3) is 5.89 Å². The summed E-state index contributed by atoms with van der Waals surface area (Å²) in [4.78, 5) is 12.5. The van der Waals surface area contributed by atoms with Crippen LogP contribution in [0.3, 0.4) is 0 Å². The molecule has 0 aliphatic rings. The Morgan fingerprint density at radius 3 is 2.86 bits per heavy atom. The zero-order chi connectivity index (χ0) is 15.5. The van der Waals surface area contributed by atoms with Crippen molar-refractivity contribution in [3.8, 4) is 11.5 Å². The van der Waals surface area contributed by atoms with E-state index in [9.17, 15) is 4.79 Å². The zero-order valence-corrected chi connectivity index (χ0v) is 13.1. The van der Waals surface area contributed by atoms with E-state index in [0.29, 0.717) is 21.4 Å². The molecule has 0 amide bonds. The first-order chi connectivity index (χ1) is 10.6. The molecule has 2 heterocycles. The molecule has 2 aromatic heterocycles. The number of benzene rings is 1. The van der Waals surface area contributed by atoms with Crippen LogP contribution in [0.5, 0.6) is 0 Å². The van der Waals surface area contributed by atoms with Gasteiger partial charge in [-0.15, -0.1) is 21.5 Å². The number of halogens is 1. The van der Waals surface area contributed by atoms with Crippen LogP contribution < -0.4 is 0 Å². The second-order valence-corrected chi connectivity index (χ2v) is 5.81. The maximum Gasteiger partial charge on any atom is 0.349 e. The van der Waals surface area contributed by atoms with Crippen molar-refractivity contribution in [2.75, 3.05) is 0 Å². The molecule has 0 aliphatic heterocycles. The number of hydrogen-bond acceptors (Lipinski definition) is 6. The Morgan fingerprint density at radius 1 is 1.32 bits per heavy atom. The van der Waals surface area contributed by atoms with Crippen LogP contribution in [0.2, 0.25) is 5.02 Å². The number of nitrogens with zero attached hydrogens (tertiary/aromatic N) is 2. The monoisotopic (exact) mass is 334 g/mol. The second-order valence-electron chi connectivity index (χ2n) is 4.49. The zero-order valence-electron chi connectivity index (χ0n) is 11.6. The van der Waals surface area contributed by atoms with E-state index >= 15 is 0 Å². The number of rotatable bonds is 4. The van der Waals surface area contributed by atoms with E-state index in [1.165, 1.54) is 11.3 Å². The van der Waals surface area contributed by atoms with Crippen molar-refractivity contribution < 1.29 is 13.9 Å². The highest BCUT2D eigenvalue weighted by molar-refractivity contribution is 7.12. The minimum Gasteiger partial charge on any atom is -0.451 e. The summed E-state index contributed by atoms with van der Waals surface area (Å²) in [5.74, 6) is 0.117. The fourth-order valence-electron chi connectivity index (χ4n) is 1.83. The lowest BCUT2D eigenvalue weighted by atomic mass is 10.2. The maximum absolute atomic E-state index is 11.9. The van der Waals surface area contributed by atoms with Crippen LogP contribution in [0.1, 0.15) is 21.1 Å². The van der Waals surface area contributed by atoms with Gasteiger partial charge in [0.15, 0.2) is 6.61 Å². The van der Waals surface area contributed by atoms with Crippen molar-refractivity contribution in [2.45, 2.75) is 13.5 Å². The van der Waals surface area contributed by atoms with Gasteiger partial charge in [0.1, 0.15) is 4.88 Å². The molecule has 22 heavy (non-hydrogen) atoms. The molecule has 112 valence electrons. The Kier molecular flexibility index (Phi) is 4.22. The molecule has 0 bridgehead atoms. The third-order valence-corrected chi connectivity index (χ3v) is 4.27. The van der Waals surface area contributed by atoms with Crippen LogP contribution in [0, 0.1) is 6.92 Å². The molecular weight excluding hydrogens is 324 g/mol. The lowest BCUT2D eigenvalue weighted by Gasteiger charge is -2.00. The van der Waals surface area contributed by atoms with Gasteiger partial charge >= 0.3 is 5.97 Å².